The number of ether oxygens (including phenoxy) is 4. The lowest BCUT2D eigenvalue weighted by Gasteiger charge is -2.26. The van der Waals surface area contributed by atoms with Crippen LogP contribution in [0.5, 0.6) is 40.2 Å². The number of fused-ring (bicyclic) bond motifs is 6. The van der Waals surface area contributed by atoms with Crippen molar-refractivity contribution in [1.29, 1.82) is 0 Å². The zero-order valence-corrected chi connectivity index (χ0v) is 33.8. The Labute approximate surface area is 325 Å². The normalized spacial score (nSPS) is 13.5. The molecule has 1 aliphatic rings. The molecule has 1 atom stereocenters. The summed E-state index contributed by atoms with van der Waals surface area (Å²) in [5.41, 5.74) is 5.74. The Balaban J connectivity index is 1.30. The van der Waals surface area contributed by atoms with E-state index in [-0.39, 0.29) is 0 Å². The molecule has 2 heterocycles. The summed E-state index contributed by atoms with van der Waals surface area (Å²) in [6.07, 6.45) is 0. The molecule has 6 aromatic carbocycles. The van der Waals surface area contributed by atoms with Crippen LogP contribution >= 0.6 is 16.8 Å². The van der Waals surface area contributed by atoms with Crippen LogP contribution in [0.4, 0.5) is 0 Å². The van der Waals surface area contributed by atoms with Gasteiger partial charge in [-0.3, -0.25) is 0 Å². The standard InChI is InChI=1S/C43H38O11P2/c1-23-15-28(45-5)19-34-35-20-29(46-6)16-24(2)39(35)50-55(49-38(23)34)51-40-25(3)17-30(47-7)21-36(40)37-22-31(48-8)18-26(4)41(37)52-56-53-42-32-12-10-9-11-27(32)13-14-33(42)43(44)54-56/h9-22H,1-8H3. The first-order valence-electron chi connectivity index (χ1n) is 17.6. The summed E-state index contributed by atoms with van der Waals surface area (Å²) in [6, 6.07) is 26.2. The van der Waals surface area contributed by atoms with Gasteiger partial charge in [-0.05, 0) is 110 Å². The van der Waals surface area contributed by atoms with Crippen molar-refractivity contribution in [3.05, 3.63) is 113 Å². The number of carbonyl (C=O) groups is 1. The molecular weight excluding hydrogens is 754 g/mol. The number of aryl methyl sites for hydroxylation is 4. The van der Waals surface area contributed by atoms with E-state index in [1.807, 2.05) is 107 Å². The van der Waals surface area contributed by atoms with E-state index < -0.39 is 22.8 Å². The Morgan fingerprint density at radius 1 is 0.500 bits per heavy atom. The van der Waals surface area contributed by atoms with Gasteiger partial charge in [-0.1, -0.05) is 30.3 Å². The molecule has 0 N–H and O–H groups in total. The molecule has 0 fully saturated rings. The molecule has 8 rings (SSSR count). The lowest BCUT2D eigenvalue weighted by atomic mass is 9.98. The van der Waals surface area contributed by atoms with E-state index in [0.29, 0.717) is 73.7 Å². The van der Waals surface area contributed by atoms with E-state index in [1.165, 1.54) is 0 Å². The smallest absolute Gasteiger partial charge is 0.497 e. The van der Waals surface area contributed by atoms with E-state index >= 15 is 0 Å². The number of benzene rings is 6. The first-order valence-corrected chi connectivity index (χ1v) is 19.8. The van der Waals surface area contributed by atoms with Crippen molar-refractivity contribution >= 4 is 55.5 Å². The average molecular weight is 793 g/mol. The minimum absolute atomic E-state index is 0.327. The molecule has 0 radical (unpaired) electrons. The summed E-state index contributed by atoms with van der Waals surface area (Å²) in [7, 11) is 2.08. The molecule has 0 spiro atoms. The molecule has 0 bridgehead atoms. The highest BCUT2D eigenvalue weighted by Gasteiger charge is 2.35. The van der Waals surface area contributed by atoms with Crippen LogP contribution in [-0.4, -0.2) is 34.4 Å². The molecule has 11 nitrogen and oxygen atoms in total. The van der Waals surface area contributed by atoms with Crippen molar-refractivity contribution in [2.24, 2.45) is 0 Å². The molecule has 1 aliphatic heterocycles. The number of rotatable bonds is 9. The Morgan fingerprint density at radius 3 is 1.55 bits per heavy atom. The van der Waals surface area contributed by atoms with Gasteiger partial charge >= 0.3 is 22.8 Å². The van der Waals surface area contributed by atoms with E-state index in [2.05, 4.69) is 0 Å². The largest absolute Gasteiger partial charge is 0.532 e. The maximum atomic E-state index is 13.3. The molecule has 0 saturated heterocycles. The summed E-state index contributed by atoms with van der Waals surface area (Å²) in [5.74, 6) is 3.18. The minimum atomic E-state index is -2.23. The Bertz CT molecular complexity index is 2670. The number of methoxy groups -OCH3 is 4. The minimum Gasteiger partial charge on any atom is -0.497 e. The van der Waals surface area contributed by atoms with Crippen molar-refractivity contribution in [2.75, 3.05) is 28.4 Å². The van der Waals surface area contributed by atoms with Crippen LogP contribution in [0.15, 0.2) is 93.3 Å². The molecule has 1 unspecified atom stereocenters. The summed E-state index contributed by atoms with van der Waals surface area (Å²) in [6.45, 7) is 7.68. The highest BCUT2D eigenvalue weighted by molar-refractivity contribution is 7.43. The molecular formula is C43H38O11P2. The van der Waals surface area contributed by atoms with E-state index in [1.54, 1.807) is 34.5 Å². The average Bonchev–Trinajstić information content (AvgIpc) is 3.36. The van der Waals surface area contributed by atoms with Gasteiger partial charge in [-0.2, -0.15) is 0 Å². The summed E-state index contributed by atoms with van der Waals surface area (Å²) >= 11 is 0. The van der Waals surface area contributed by atoms with Crippen molar-refractivity contribution in [3.63, 3.8) is 0 Å². The fourth-order valence-electron chi connectivity index (χ4n) is 6.82. The van der Waals surface area contributed by atoms with Crippen molar-refractivity contribution in [3.8, 4) is 51.4 Å². The SMILES string of the molecule is COc1cc(C)c(OP2OC(=O)c3ccc4ccccc4c3O2)c(-c2cc(OC)cc(C)c2Op2oc3c(C)cc(OC)cc3c3cc(OC)cc(C)c3o2)c1. The molecule has 286 valence electrons. The monoisotopic (exact) mass is 792 g/mol. The second-order valence-electron chi connectivity index (χ2n) is 13.2. The Morgan fingerprint density at radius 2 is 1.00 bits per heavy atom. The van der Waals surface area contributed by atoms with Crippen LogP contribution in [0.1, 0.15) is 32.6 Å². The molecule has 1 aromatic heterocycles. The van der Waals surface area contributed by atoms with Crippen molar-refractivity contribution < 1.29 is 50.2 Å². The Hall–Kier alpha value is -6.02. The molecule has 0 amide bonds. The molecule has 7 aromatic rings. The maximum absolute atomic E-state index is 13.3. The van der Waals surface area contributed by atoms with Crippen LogP contribution in [0.3, 0.4) is 0 Å². The second kappa shape index (κ2) is 14.9. The molecule has 56 heavy (non-hydrogen) atoms. The first kappa shape index (κ1) is 36.9. The summed E-state index contributed by atoms with van der Waals surface area (Å²) in [5, 5.41) is 3.25. The third-order valence-corrected chi connectivity index (χ3v) is 11.6. The van der Waals surface area contributed by atoms with Crippen LogP contribution < -0.4 is 32.5 Å². The molecule has 0 saturated carbocycles. The van der Waals surface area contributed by atoms with Crippen LogP contribution in [0.2, 0.25) is 0 Å². The predicted octanol–water partition coefficient (Wildman–Crippen LogP) is 12.1. The molecule has 0 aliphatic carbocycles. The number of hydrogen-bond donors (Lipinski definition) is 0. The van der Waals surface area contributed by atoms with E-state index in [9.17, 15) is 4.79 Å². The zero-order valence-electron chi connectivity index (χ0n) is 32.0. The van der Waals surface area contributed by atoms with Crippen LogP contribution in [0.25, 0.3) is 43.8 Å². The zero-order chi connectivity index (χ0) is 39.2. The fourth-order valence-corrected chi connectivity index (χ4v) is 9.19. The van der Waals surface area contributed by atoms with Crippen molar-refractivity contribution in [2.45, 2.75) is 27.7 Å². The van der Waals surface area contributed by atoms with Crippen LogP contribution in [-0.2, 0) is 4.52 Å². The molecule has 13 heteroatoms. The Kier molecular flexibility index (Phi) is 9.83. The third kappa shape index (κ3) is 6.67. The predicted molar refractivity (Wildman–Crippen MR) is 217 cm³/mol. The topological polar surface area (TPSA) is 117 Å². The van der Waals surface area contributed by atoms with Gasteiger partial charge in [-0.25, -0.2) is 4.79 Å². The second-order valence-corrected chi connectivity index (χ2v) is 15.2. The van der Waals surface area contributed by atoms with Crippen molar-refractivity contribution in [1.82, 2.24) is 0 Å². The van der Waals surface area contributed by atoms with E-state index in [4.69, 9.17) is 45.4 Å². The quantitative estimate of drug-likeness (QED) is 0.130. The summed E-state index contributed by atoms with van der Waals surface area (Å²) < 4.78 is 61.6. The van der Waals surface area contributed by atoms with Gasteiger partial charge in [0.05, 0.1) is 28.4 Å². The number of carbonyl (C=O) groups excluding carboxylic acids is 1. The maximum Gasteiger partial charge on any atom is 0.532 e. The van der Waals surface area contributed by atoms with Gasteiger partial charge < -0.3 is 45.4 Å². The lowest BCUT2D eigenvalue weighted by Crippen LogP contribution is -2.15. The highest BCUT2D eigenvalue weighted by atomic mass is 31.2. The highest BCUT2D eigenvalue weighted by Crippen LogP contribution is 2.54. The van der Waals surface area contributed by atoms with Gasteiger partial charge in [0.25, 0.3) is 0 Å². The lowest BCUT2D eigenvalue weighted by molar-refractivity contribution is 0.0698. The van der Waals surface area contributed by atoms with Gasteiger partial charge in [0.2, 0.25) is 0 Å². The fraction of sp³-hybridized carbons (Fsp3) is 0.186. The van der Waals surface area contributed by atoms with Crippen LogP contribution in [0, 0.1) is 27.7 Å². The van der Waals surface area contributed by atoms with E-state index in [0.717, 1.165) is 38.2 Å². The van der Waals surface area contributed by atoms with Gasteiger partial charge in [0.15, 0.2) is 5.75 Å². The third-order valence-electron chi connectivity index (χ3n) is 9.60. The number of hydrogen-bond acceptors (Lipinski definition) is 11. The van der Waals surface area contributed by atoms with Gasteiger partial charge in [0, 0.05) is 27.3 Å². The van der Waals surface area contributed by atoms with Gasteiger partial charge in [0.1, 0.15) is 51.2 Å². The van der Waals surface area contributed by atoms with Gasteiger partial charge in [-0.15, -0.1) is 0 Å². The summed E-state index contributed by atoms with van der Waals surface area (Å²) in [4.78, 5) is 13.3. The first-order chi connectivity index (χ1) is 27.1.